The highest BCUT2D eigenvalue weighted by molar-refractivity contribution is 7.85. The van der Waals surface area contributed by atoms with Gasteiger partial charge in [-0.25, -0.2) is 4.39 Å². The van der Waals surface area contributed by atoms with Gasteiger partial charge in [-0.15, -0.1) is 0 Å². The third-order valence-corrected chi connectivity index (χ3v) is 5.82. The average Bonchev–Trinajstić information content (AvgIpc) is 2.66. The molecule has 0 aliphatic carbocycles. The van der Waals surface area contributed by atoms with Crippen molar-refractivity contribution in [2.24, 2.45) is 5.92 Å². The quantitative estimate of drug-likeness (QED) is 0.501. The lowest BCUT2D eigenvalue weighted by Crippen LogP contribution is -2.13. The van der Waals surface area contributed by atoms with Gasteiger partial charge in [-0.2, -0.15) is 0 Å². The van der Waals surface area contributed by atoms with E-state index in [1.807, 2.05) is 25.1 Å². The molecule has 0 amide bonds. The minimum atomic E-state index is -1.34. The fourth-order valence-corrected chi connectivity index (χ4v) is 3.89. The number of nitrogen functional groups attached to an aromatic ring is 1. The number of benzene rings is 2. The SMILES string of the molecule is CCC(C=O)CS(=O)c1ccc(F)cc1Cc1cccc(N)c1.CCCC. The Morgan fingerprint density at radius 1 is 1.11 bits per heavy atom. The second-order valence-corrected chi connectivity index (χ2v) is 7.95. The Morgan fingerprint density at radius 3 is 2.37 bits per heavy atom. The molecule has 2 unspecified atom stereocenters. The van der Waals surface area contributed by atoms with E-state index >= 15 is 0 Å². The highest BCUT2D eigenvalue weighted by Crippen LogP contribution is 2.22. The smallest absolute Gasteiger partial charge is 0.123 e. The van der Waals surface area contributed by atoms with E-state index in [1.165, 1.54) is 25.0 Å². The van der Waals surface area contributed by atoms with Crippen molar-refractivity contribution in [1.82, 2.24) is 0 Å². The zero-order valence-corrected chi connectivity index (χ0v) is 17.2. The topological polar surface area (TPSA) is 60.2 Å². The molecule has 2 rings (SSSR count). The lowest BCUT2D eigenvalue weighted by molar-refractivity contribution is -0.110. The third-order valence-electron chi connectivity index (χ3n) is 4.20. The summed E-state index contributed by atoms with van der Waals surface area (Å²) < 4.78 is 26.2. The molecule has 2 aromatic rings. The van der Waals surface area contributed by atoms with Gasteiger partial charge in [0.1, 0.15) is 12.1 Å². The molecular weight excluding hydrogens is 361 g/mol. The van der Waals surface area contributed by atoms with Crippen molar-refractivity contribution in [3.63, 3.8) is 0 Å². The number of unbranched alkanes of at least 4 members (excludes halogenated alkanes) is 1. The third kappa shape index (κ3) is 8.04. The molecule has 0 fully saturated rings. The molecule has 2 aromatic carbocycles. The first kappa shape index (κ1) is 23.0. The van der Waals surface area contributed by atoms with Crippen molar-refractivity contribution < 1.29 is 13.4 Å². The second kappa shape index (κ2) is 12.4. The van der Waals surface area contributed by atoms with Gasteiger partial charge in [0, 0.05) is 22.3 Å². The minimum absolute atomic E-state index is 0.249. The monoisotopic (exact) mass is 391 g/mol. The van der Waals surface area contributed by atoms with Crippen LogP contribution in [-0.2, 0) is 22.0 Å². The van der Waals surface area contributed by atoms with Crippen LogP contribution in [0.25, 0.3) is 0 Å². The van der Waals surface area contributed by atoms with E-state index in [0.717, 1.165) is 11.8 Å². The van der Waals surface area contributed by atoms with Gasteiger partial charge in [0.25, 0.3) is 0 Å². The molecule has 0 spiro atoms. The molecule has 0 bridgehead atoms. The molecule has 0 aromatic heterocycles. The van der Waals surface area contributed by atoms with Crippen LogP contribution >= 0.6 is 0 Å². The van der Waals surface area contributed by atoms with E-state index in [9.17, 15) is 13.4 Å². The van der Waals surface area contributed by atoms with Gasteiger partial charge in [-0.3, -0.25) is 4.21 Å². The number of anilines is 1. The molecule has 5 heteroatoms. The van der Waals surface area contributed by atoms with Crippen LogP contribution in [0.1, 0.15) is 51.2 Å². The highest BCUT2D eigenvalue weighted by atomic mass is 32.2. The molecule has 2 atom stereocenters. The molecular formula is C22H30FNO2S. The number of carbonyl (C=O) groups excluding carboxylic acids is 1. The molecule has 0 aliphatic heterocycles. The normalized spacial score (nSPS) is 12.6. The van der Waals surface area contributed by atoms with Gasteiger partial charge in [-0.05, 0) is 54.3 Å². The maximum atomic E-state index is 13.6. The summed E-state index contributed by atoms with van der Waals surface area (Å²) in [4.78, 5) is 11.5. The van der Waals surface area contributed by atoms with Crippen LogP contribution in [0.15, 0.2) is 47.4 Å². The van der Waals surface area contributed by atoms with Gasteiger partial charge < -0.3 is 10.5 Å². The number of aldehydes is 1. The Bertz CT molecular complexity index is 747. The molecule has 27 heavy (non-hydrogen) atoms. The van der Waals surface area contributed by atoms with Crippen molar-refractivity contribution in [3.05, 3.63) is 59.4 Å². The summed E-state index contributed by atoms with van der Waals surface area (Å²) in [5.74, 6) is -0.358. The predicted octanol–water partition coefficient (Wildman–Crippen LogP) is 5.14. The van der Waals surface area contributed by atoms with Crippen LogP contribution in [0.3, 0.4) is 0 Å². The molecule has 0 radical (unpaired) electrons. The van der Waals surface area contributed by atoms with E-state index in [4.69, 9.17) is 5.73 Å². The molecule has 0 aliphatic rings. The Labute approximate surface area is 164 Å². The zero-order valence-electron chi connectivity index (χ0n) is 16.4. The van der Waals surface area contributed by atoms with E-state index in [0.29, 0.717) is 29.0 Å². The maximum Gasteiger partial charge on any atom is 0.123 e. The average molecular weight is 392 g/mol. The van der Waals surface area contributed by atoms with Crippen molar-refractivity contribution in [2.45, 2.75) is 51.3 Å². The first-order valence-electron chi connectivity index (χ1n) is 9.41. The van der Waals surface area contributed by atoms with Crippen molar-refractivity contribution >= 4 is 22.8 Å². The van der Waals surface area contributed by atoms with Crippen LogP contribution in [0, 0.1) is 11.7 Å². The van der Waals surface area contributed by atoms with Crippen LogP contribution in [-0.4, -0.2) is 16.2 Å². The fraction of sp³-hybridized carbons (Fsp3) is 0.409. The van der Waals surface area contributed by atoms with Crippen molar-refractivity contribution in [2.75, 3.05) is 11.5 Å². The second-order valence-electron chi connectivity index (χ2n) is 6.49. The molecule has 3 nitrogen and oxygen atoms in total. The number of carbonyl (C=O) groups is 1. The summed E-state index contributed by atoms with van der Waals surface area (Å²) in [5.41, 5.74) is 7.99. The Balaban J connectivity index is 0.000000828. The lowest BCUT2D eigenvalue weighted by atomic mass is 10.0. The molecule has 0 saturated heterocycles. The summed E-state index contributed by atoms with van der Waals surface area (Å²) >= 11 is 0. The van der Waals surface area contributed by atoms with E-state index in [1.54, 1.807) is 12.1 Å². The van der Waals surface area contributed by atoms with E-state index in [2.05, 4.69) is 13.8 Å². The van der Waals surface area contributed by atoms with Crippen LogP contribution in [0.5, 0.6) is 0 Å². The number of halogens is 1. The van der Waals surface area contributed by atoms with Gasteiger partial charge in [0.2, 0.25) is 0 Å². The van der Waals surface area contributed by atoms with E-state index < -0.39 is 10.8 Å². The molecule has 148 valence electrons. The van der Waals surface area contributed by atoms with E-state index in [-0.39, 0.29) is 17.5 Å². The Morgan fingerprint density at radius 2 is 1.81 bits per heavy atom. The molecule has 2 N–H and O–H groups in total. The van der Waals surface area contributed by atoms with Crippen molar-refractivity contribution in [1.29, 1.82) is 0 Å². The summed E-state index contributed by atoms with van der Waals surface area (Å²) in [6.45, 7) is 6.24. The predicted molar refractivity (Wildman–Crippen MR) is 112 cm³/mol. The van der Waals surface area contributed by atoms with Gasteiger partial charge in [-0.1, -0.05) is 45.7 Å². The van der Waals surface area contributed by atoms with Gasteiger partial charge in [0.05, 0.1) is 10.8 Å². The number of hydrogen-bond donors (Lipinski definition) is 1. The van der Waals surface area contributed by atoms with Gasteiger partial charge in [0.15, 0.2) is 0 Å². The first-order valence-corrected chi connectivity index (χ1v) is 10.7. The standard InChI is InChI=1S/C18H20FNO2S.C4H10/c1-2-13(11-21)12-23(22)18-7-6-16(19)10-15(18)8-14-4-3-5-17(20)9-14;1-3-4-2/h3-7,9-11,13H,2,8,12,20H2,1H3;3-4H2,1-2H3. The summed E-state index contributed by atoms with van der Waals surface area (Å²) in [5, 5.41) is 0. The van der Waals surface area contributed by atoms with Crippen LogP contribution < -0.4 is 5.73 Å². The largest absolute Gasteiger partial charge is 0.399 e. The molecule has 0 heterocycles. The Kier molecular flexibility index (Phi) is 10.6. The summed E-state index contributed by atoms with van der Waals surface area (Å²) in [6, 6.07) is 11.6. The molecule has 0 saturated carbocycles. The number of hydrogen-bond acceptors (Lipinski definition) is 3. The highest BCUT2D eigenvalue weighted by Gasteiger charge is 2.16. The van der Waals surface area contributed by atoms with Gasteiger partial charge >= 0.3 is 0 Å². The van der Waals surface area contributed by atoms with Crippen LogP contribution in [0.4, 0.5) is 10.1 Å². The lowest BCUT2D eigenvalue weighted by Gasteiger charge is -2.12. The minimum Gasteiger partial charge on any atom is -0.399 e. The zero-order chi connectivity index (χ0) is 20.2. The summed E-state index contributed by atoms with van der Waals surface area (Å²) in [6.07, 6.45) is 4.56. The number of nitrogens with two attached hydrogens (primary N) is 1. The Hall–Kier alpha value is -2.01. The summed E-state index contributed by atoms with van der Waals surface area (Å²) in [7, 11) is -1.34. The van der Waals surface area contributed by atoms with Crippen molar-refractivity contribution in [3.8, 4) is 0 Å². The first-order chi connectivity index (χ1) is 12.9. The van der Waals surface area contributed by atoms with Crippen LogP contribution in [0.2, 0.25) is 0 Å². The maximum absolute atomic E-state index is 13.6. The fourth-order valence-electron chi connectivity index (χ4n) is 2.37. The number of rotatable bonds is 8.